The first kappa shape index (κ1) is 32.3. The Hall–Kier alpha value is -3.12. The lowest BCUT2D eigenvalue weighted by molar-refractivity contribution is -0.126. The Morgan fingerprint density at radius 1 is 0.932 bits per heavy atom. The van der Waals surface area contributed by atoms with E-state index >= 15 is 0 Å². The van der Waals surface area contributed by atoms with Gasteiger partial charge in [-0.1, -0.05) is 48.5 Å². The van der Waals surface area contributed by atoms with Gasteiger partial charge in [-0.3, -0.25) is 4.79 Å². The van der Waals surface area contributed by atoms with Crippen molar-refractivity contribution in [2.45, 2.75) is 56.0 Å². The van der Waals surface area contributed by atoms with Crippen molar-refractivity contribution in [3.05, 3.63) is 89.7 Å². The van der Waals surface area contributed by atoms with Gasteiger partial charge >= 0.3 is 0 Å². The second kappa shape index (κ2) is 13.9. The van der Waals surface area contributed by atoms with Gasteiger partial charge in [-0.05, 0) is 85.5 Å². The van der Waals surface area contributed by atoms with E-state index in [9.17, 15) is 26.0 Å². The van der Waals surface area contributed by atoms with Gasteiger partial charge in [0.25, 0.3) is 0 Å². The van der Waals surface area contributed by atoms with Gasteiger partial charge < -0.3 is 10.2 Å². The Balaban J connectivity index is 1.11. The summed E-state index contributed by atoms with van der Waals surface area (Å²) in [5.74, 6) is -0.142. The molecule has 1 heterocycles. The van der Waals surface area contributed by atoms with Crippen LogP contribution >= 0.6 is 0 Å². The first-order valence-electron chi connectivity index (χ1n) is 15.2. The van der Waals surface area contributed by atoms with Crippen molar-refractivity contribution in [3.63, 3.8) is 0 Å². The van der Waals surface area contributed by atoms with E-state index in [0.29, 0.717) is 38.8 Å². The fourth-order valence-corrected chi connectivity index (χ4v) is 8.50. The summed E-state index contributed by atoms with van der Waals surface area (Å²) < 4.78 is 65.7. The molecule has 3 aromatic rings. The molecule has 1 saturated carbocycles. The van der Waals surface area contributed by atoms with E-state index < -0.39 is 19.9 Å². The van der Waals surface area contributed by atoms with E-state index in [-0.39, 0.29) is 46.1 Å². The number of nitrogens with zero attached hydrogens (tertiary/aromatic N) is 1. The zero-order valence-corrected chi connectivity index (χ0v) is 26.5. The standard InChI is InChI=1S/C33H40FN3O5S2/c1-24(26-5-11-30(34)12-6-26)35-33(38)28-7-13-31(14-8-28)36-44(41,42)32-15-9-27(10-16-32)29-4-2-3-25(23-29)17-18-37-19-21-43(39,40)22-20-37/h2-6,9-12,15-16,23-24,28,31,36H,7-8,13-14,17-22H2,1H3,(H,35,38)/t24-,28-,31-/m1/s1. The summed E-state index contributed by atoms with van der Waals surface area (Å²) in [6.45, 7) is 3.80. The summed E-state index contributed by atoms with van der Waals surface area (Å²) in [5.41, 5.74) is 3.87. The van der Waals surface area contributed by atoms with E-state index in [4.69, 9.17) is 0 Å². The number of amides is 1. The molecule has 1 aliphatic heterocycles. The number of nitrogens with one attached hydrogen (secondary N) is 2. The van der Waals surface area contributed by atoms with Crippen LogP contribution in [0.4, 0.5) is 4.39 Å². The normalized spacial score (nSPS) is 21.4. The van der Waals surface area contributed by atoms with E-state index in [1.54, 1.807) is 24.3 Å². The molecule has 11 heteroatoms. The molecule has 3 aromatic carbocycles. The third kappa shape index (κ3) is 8.53. The second-order valence-corrected chi connectivity index (χ2v) is 15.9. The molecule has 0 bridgehead atoms. The second-order valence-electron chi connectivity index (χ2n) is 11.9. The highest BCUT2D eigenvalue weighted by Gasteiger charge is 2.30. The van der Waals surface area contributed by atoms with Gasteiger partial charge in [0, 0.05) is 31.6 Å². The first-order chi connectivity index (χ1) is 21.0. The van der Waals surface area contributed by atoms with E-state index in [0.717, 1.165) is 35.2 Å². The van der Waals surface area contributed by atoms with Crippen LogP contribution in [-0.4, -0.2) is 64.8 Å². The summed E-state index contributed by atoms with van der Waals surface area (Å²) in [4.78, 5) is 15.2. The zero-order valence-electron chi connectivity index (χ0n) is 24.9. The molecule has 1 atom stereocenters. The quantitative estimate of drug-likeness (QED) is 0.338. The predicted molar refractivity (Wildman–Crippen MR) is 170 cm³/mol. The Morgan fingerprint density at radius 2 is 1.59 bits per heavy atom. The Labute approximate surface area is 260 Å². The SMILES string of the molecule is C[C@@H](NC(=O)[C@H]1CC[C@H](NS(=O)(=O)c2ccc(-c3cccc(CCN4CCS(=O)(=O)CC4)c3)cc2)CC1)c1ccc(F)cc1. The van der Waals surface area contributed by atoms with Gasteiger partial charge in [0.15, 0.2) is 9.84 Å². The molecule has 236 valence electrons. The molecule has 1 amide bonds. The Bertz CT molecular complexity index is 1640. The molecule has 0 radical (unpaired) electrons. The summed E-state index contributed by atoms with van der Waals surface area (Å²) in [7, 11) is -6.62. The highest BCUT2D eigenvalue weighted by Crippen LogP contribution is 2.28. The number of carbonyl (C=O) groups is 1. The monoisotopic (exact) mass is 641 g/mol. The highest BCUT2D eigenvalue weighted by atomic mass is 32.2. The number of sulfonamides is 1. The average molecular weight is 642 g/mol. The summed E-state index contributed by atoms with van der Waals surface area (Å²) in [5, 5.41) is 3.00. The number of hydrogen-bond acceptors (Lipinski definition) is 6. The predicted octanol–water partition coefficient (Wildman–Crippen LogP) is 4.48. The van der Waals surface area contributed by atoms with Gasteiger partial charge in [-0.2, -0.15) is 0 Å². The zero-order chi connectivity index (χ0) is 31.3. The maximum atomic E-state index is 13.2. The number of rotatable bonds is 10. The molecule has 0 spiro atoms. The number of benzene rings is 3. The van der Waals surface area contributed by atoms with Crippen LogP contribution in [0.2, 0.25) is 0 Å². The number of carbonyl (C=O) groups excluding carboxylic acids is 1. The van der Waals surface area contributed by atoms with Gasteiger partial charge in [0.2, 0.25) is 15.9 Å². The maximum absolute atomic E-state index is 13.2. The van der Waals surface area contributed by atoms with Crippen molar-refractivity contribution in [2.24, 2.45) is 5.92 Å². The lowest BCUT2D eigenvalue weighted by Gasteiger charge is -2.29. The summed E-state index contributed by atoms with van der Waals surface area (Å²) in [6, 6.07) is 20.6. The van der Waals surface area contributed by atoms with Crippen LogP contribution in [0, 0.1) is 11.7 Å². The summed E-state index contributed by atoms with van der Waals surface area (Å²) in [6.07, 6.45) is 3.12. The topological polar surface area (TPSA) is 113 Å². The number of sulfone groups is 1. The highest BCUT2D eigenvalue weighted by molar-refractivity contribution is 7.91. The molecule has 1 saturated heterocycles. The minimum Gasteiger partial charge on any atom is -0.349 e. The molecule has 0 unspecified atom stereocenters. The van der Waals surface area contributed by atoms with Crippen LogP contribution in [0.3, 0.4) is 0 Å². The van der Waals surface area contributed by atoms with Crippen molar-refractivity contribution >= 4 is 25.8 Å². The molecule has 8 nitrogen and oxygen atoms in total. The van der Waals surface area contributed by atoms with Crippen molar-refractivity contribution in [2.75, 3.05) is 31.1 Å². The largest absolute Gasteiger partial charge is 0.349 e. The Morgan fingerprint density at radius 3 is 2.25 bits per heavy atom. The van der Waals surface area contributed by atoms with Crippen molar-refractivity contribution in [1.29, 1.82) is 0 Å². The molecule has 5 rings (SSSR count). The van der Waals surface area contributed by atoms with Crippen molar-refractivity contribution < 1.29 is 26.0 Å². The van der Waals surface area contributed by atoms with Crippen LogP contribution < -0.4 is 10.0 Å². The third-order valence-electron chi connectivity index (χ3n) is 8.73. The van der Waals surface area contributed by atoms with Gasteiger partial charge in [0.05, 0.1) is 22.4 Å². The Kier molecular flexibility index (Phi) is 10.2. The minimum absolute atomic E-state index is 0.0651. The van der Waals surface area contributed by atoms with Crippen LogP contribution in [0.25, 0.3) is 11.1 Å². The average Bonchev–Trinajstić information content (AvgIpc) is 3.01. The molecule has 0 aromatic heterocycles. The van der Waals surface area contributed by atoms with Crippen molar-refractivity contribution in [3.8, 4) is 11.1 Å². The number of hydrogen-bond donors (Lipinski definition) is 2. The third-order valence-corrected chi connectivity index (χ3v) is 11.9. The fourth-order valence-electron chi connectivity index (χ4n) is 5.92. The van der Waals surface area contributed by atoms with Gasteiger partial charge in [0.1, 0.15) is 5.82 Å². The molecule has 2 N–H and O–H groups in total. The number of halogens is 1. The lowest BCUT2D eigenvalue weighted by atomic mass is 9.85. The summed E-state index contributed by atoms with van der Waals surface area (Å²) >= 11 is 0. The molecule has 1 aliphatic carbocycles. The van der Waals surface area contributed by atoms with Crippen LogP contribution in [-0.2, 0) is 31.1 Å². The molecule has 44 heavy (non-hydrogen) atoms. The van der Waals surface area contributed by atoms with Crippen LogP contribution in [0.15, 0.2) is 77.7 Å². The molecular weight excluding hydrogens is 602 g/mol. The van der Waals surface area contributed by atoms with Crippen LogP contribution in [0.1, 0.15) is 49.8 Å². The van der Waals surface area contributed by atoms with Gasteiger partial charge in [-0.15, -0.1) is 0 Å². The van der Waals surface area contributed by atoms with Gasteiger partial charge in [-0.25, -0.2) is 25.9 Å². The minimum atomic E-state index is -3.72. The fraction of sp³-hybridized carbons (Fsp3) is 0.424. The van der Waals surface area contributed by atoms with Crippen molar-refractivity contribution in [1.82, 2.24) is 14.9 Å². The van der Waals surface area contributed by atoms with E-state index in [1.807, 2.05) is 31.2 Å². The lowest BCUT2D eigenvalue weighted by Crippen LogP contribution is -2.41. The maximum Gasteiger partial charge on any atom is 0.240 e. The first-order valence-corrected chi connectivity index (χ1v) is 18.5. The van der Waals surface area contributed by atoms with E-state index in [2.05, 4.69) is 27.1 Å². The molecule has 2 aliphatic rings. The smallest absolute Gasteiger partial charge is 0.240 e. The molecule has 2 fully saturated rings. The molecular formula is C33H40FN3O5S2. The van der Waals surface area contributed by atoms with E-state index in [1.165, 1.54) is 12.1 Å². The van der Waals surface area contributed by atoms with Crippen LogP contribution in [0.5, 0.6) is 0 Å².